The van der Waals surface area contributed by atoms with Crippen LogP contribution in [0.2, 0.25) is 0 Å². The fourth-order valence-corrected chi connectivity index (χ4v) is 3.10. The summed E-state index contributed by atoms with van der Waals surface area (Å²) in [6.45, 7) is 1.25. The van der Waals surface area contributed by atoms with E-state index >= 15 is 0 Å². The highest BCUT2D eigenvalue weighted by molar-refractivity contribution is 7.90. The smallest absolute Gasteiger partial charge is 0.349 e. The van der Waals surface area contributed by atoms with E-state index in [1.807, 2.05) is 19.1 Å². The molecule has 0 saturated carbocycles. The first-order valence-electron chi connectivity index (χ1n) is 8.15. The minimum atomic E-state index is -3.54. The van der Waals surface area contributed by atoms with Crippen LogP contribution in [0.1, 0.15) is 11.1 Å². The molecule has 0 saturated heterocycles. The summed E-state index contributed by atoms with van der Waals surface area (Å²) in [6, 6.07) is 14.8. The van der Waals surface area contributed by atoms with Crippen LogP contribution in [0.25, 0.3) is 6.08 Å². The van der Waals surface area contributed by atoms with Crippen molar-refractivity contribution in [2.75, 3.05) is 18.2 Å². The second kappa shape index (κ2) is 8.97. The highest BCUT2D eigenvalue weighted by Crippen LogP contribution is 2.20. The normalized spacial score (nSPS) is 11.4. The number of rotatable bonds is 6. The third-order valence-electron chi connectivity index (χ3n) is 3.62. The van der Waals surface area contributed by atoms with Gasteiger partial charge in [0.1, 0.15) is 11.6 Å². The van der Waals surface area contributed by atoms with Crippen molar-refractivity contribution < 1.29 is 22.7 Å². The third-order valence-corrected chi connectivity index (χ3v) is 4.78. The number of nitrogens with one attached hydrogen (secondary N) is 1. The summed E-state index contributed by atoms with van der Waals surface area (Å²) < 4.78 is 28.3. The molecule has 0 aliphatic carbocycles. The number of amides is 1. The van der Waals surface area contributed by atoms with Crippen LogP contribution in [0, 0.1) is 18.3 Å². The predicted molar refractivity (Wildman–Crippen MR) is 104 cm³/mol. The highest BCUT2D eigenvalue weighted by atomic mass is 32.2. The number of benzene rings is 2. The number of para-hydroxylation sites is 1. The standard InChI is InChI=1S/C20H18N2O5S/c1-14-7-9-15(10-8-14)11-16(12-21)20(24)27-13-19(23)22-17-5-3-4-6-18(17)28(2,25)26/h3-11H,13H2,1-2H3,(H,22,23)/b16-11+. The Bertz CT molecular complexity index is 1060. The van der Waals surface area contributed by atoms with Crippen molar-refractivity contribution in [3.63, 3.8) is 0 Å². The van der Waals surface area contributed by atoms with Gasteiger partial charge in [-0.2, -0.15) is 5.26 Å². The lowest BCUT2D eigenvalue weighted by molar-refractivity contribution is -0.142. The Morgan fingerprint density at radius 2 is 1.79 bits per heavy atom. The van der Waals surface area contributed by atoms with Crippen LogP contribution >= 0.6 is 0 Å². The third kappa shape index (κ3) is 5.79. The molecule has 0 aliphatic heterocycles. The number of carbonyl (C=O) groups excluding carboxylic acids is 2. The molecule has 0 bridgehead atoms. The van der Waals surface area contributed by atoms with Gasteiger partial charge in [0.15, 0.2) is 16.4 Å². The zero-order valence-electron chi connectivity index (χ0n) is 15.3. The molecule has 8 heteroatoms. The van der Waals surface area contributed by atoms with Crippen molar-refractivity contribution in [1.82, 2.24) is 0 Å². The number of nitrogens with zero attached hydrogens (tertiary/aromatic N) is 1. The number of ether oxygens (including phenoxy) is 1. The van der Waals surface area contributed by atoms with Gasteiger partial charge >= 0.3 is 5.97 Å². The minimum absolute atomic E-state index is 0.0494. The highest BCUT2D eigenvalue weighted by Gasteiger charge is 2.17. The van der Waals surface area contributed by atoms with Gasteiger partial charge in [0.2, 0.25) is 0 Å². The molecule has 1 amide bonds. The van der Waals surface area contributed by atoms with Crippen molar-refractivity contribution >= 4 is 33.5 Å². The summed E-state index contributed by atoms with van der Waals surface area (Å²) in [7, 11) is -3.54. The van der Waals surface area contributed by atoms with E-state index in [0.717, 1.165) is 11.8 Å². The maximum absolute atomic E-state index is 12.0. The Morgan fingerprint density at radius 1 is 1.14 bits per heavy atom. The van der Waals surface area contributed by atoms with E-state index in [0.29, 0.717) is 5.56 Å². The Balaban J connectivity index is 2.03. The molecule has 144 valence electrons. The Morgan fingerprint density at radius 3 is 2.39 bits per heavy atom. The van der Waals surface area contributed by atoms with E-state index in [1.54, 1.807) is 24.3 Å². The molecule has 2 aromatic rings. The van der Waals surface area contributed by atoms with Crippen LogP contribution in [0.5, 0.6) is 0 Å². The molecule has 0 aliphatic rings. The fraction of sp³-hybridized carbons (Fsp3) is 0.150. The van der Waals surface area contributed by atoms with Gasteiger partial charge in [-0.15, -0.1) is 0 Å². The van der Waals surface area contributed by atoms with Crippen LogP contribution in [-0.4, -0.2) is 33.2 Å². The summed E-state index contributed by atoms with van der Waals surface area (Å²) >= 11 is 0. The van der Waals surface area contributed by atoms with Crippen LogP contribution < -0.4 is 5.32 Å². The number of anilines is 1. The lowest BCUT2D eigenvalue weighted by atomic mass is 10.1. The summed E-state index contributed by atoms with van der Waals surface area (Å²) in [6.07, 6.45) is 2.38. The maximum Gasteiger partial charge on any atom is 0.349 e. The van der Waals surface area contributed by atoms with Gasteiger partial charge < -0.3 is 10.1 Å². The molecule has 0 atom stereocenters. The van der Waals surface area contributed by atoms with Crippen molar-refractivity contribution in [3.8, 4) is 6.07 Å². The van der Waals surface area contributed by atoms with Gasteiger partial charge in [-0.3, -0.25) is 4.79 Å². The van der Waals surface area contributed by atoms with Crippen molar-refractivity contribution in [3.05, 3.63) is 65.2 Å². The van der Waals surface area contributed by atoms with Gasteiger partial charge in [-0.05, 0) is 30.7 Å². The van der Waals surface area contributed by atoms with Crippen molar-refractivity contribution in [2.24, 2.45) is 0 Å². The zero-order chi connectivity index (χ0) is 20.7. The Labute approximate surface area is 163 Å². The molecule has 0 aromatic heterocycles. The van der Waals surface area contributed by atoms with Gasteiger partial charge in [-0.1, -0.05) is 42.0 Å². The number of esters is 1. The molecular weight excluding hydrogens is 380 g/mol. The van der Waals surface area contributed by atoms with Gasteiger partial charge in [-0.25, -0.2) is 13.2 Å². The SMILES string of the molecule is Cc1ccc(/C=C(\C#N)C(=O)OCC(=O)Nc2ccccc2S(C)(=O)=O)cc1. The molecule has 0 radical (unpaired) electrons. The van der Waals surface area contributed by atoms with Crippen LogP contribution in [0.3, 0.4) is 0 Å². The summed E-state index contributed by atoms with van der Waals surface area (Å²) in [5.41, 5.74) is 1.50. The van der Waals surface area contributed by atoms with Gasteiger partial charge in [0.05, 0.1) is 10.6 Å². The molecule has 7 nitrogen and oxygen atoms in total. The van der Waals surface area contributed by atoms with Gasteiger partial charge in [0, 0.05) is 6.26 Å². The maximum atomic E-state index is 12.0. The fourth-order valence-electron chi connectivity index (χ4n) is 2.25. The number of hydrogen-bond acceptors (Lipinski definition) is 6. The summed E-state index contributed by atoms with van der Waals surface area (Å²) in [4.78, 5) is 24.0. The largest absolute Gasteiger partial charge is 0.451 e. The van der Waals surface area contributed by atoms with E-state index in [9.17, 15) is 18.0 Å². The van der Waals surface area contributed by atoms with E-state index in [-0.39, 0.29) is 16.2 Å². The molecule has 0 heterocycles. The average Bonchev–Trinajstić information content (AvgIpc) is 2.65. The molecular formula is C20H18N2O5S. The molecule has 0 unspecified atom stereocenters. The summed E-state index contributed by atoms with van der Waals surface area (Å²) in [5.74, 6) is -1.67. The quantitative estimate of drug-likeness (QED) is 0.454. The lowest BCUT2D eigenvalue weighted by Crippen LogP contribution is -2.22. The number of sulfone groups is 1. The monoisotopic (exact) mass is 398 g/mol. The molecule has 28 heavy (non-hydrogen) atoms. The molecule has 2 aromatic carbocycles. The minimum Gasteiger partial charge on any atom is -0.451 e. The number of carbonyl (C=O) groups is 2. The second-order valence-electron chi connectivity index (χ2n) is 5.97. The molecule has 2 rings (SSSR count). The van der Waals surface area contributed by atoms with Crippen LogP contribution in [0.4, 0.5) is 5.69 Å². The predicted octanol–water partition coefficient (Wildman–Crippen LogP) is 2.49. The van der Waals surface area contributed by atoms with Crippen molar-refractivity contribution in [1.29, 1.82) is 5.26 Å². The lowest BCUT2D eigenvalue weighted by Gasteiger charge is -2.10. The first-order valence-corrected chi connectivity index (χ1v) is 10.0. The van der Waals surface area contributed by atoms with E-state index in [2.05, 4.69) is 5.32 Å². The zero-order valence-corrected chi connectivity index (χ0v) is 16.1. The molecule has 0 fully saturated rings. The Hall–Kier alpha value is -3.44. The average molecular weight is 398 g/mol. The van der Waals surface area contributed by atoms with E-state index in [4.69, 9.17) is 10.00 Å². The van der Waals surface area contributed by atoms with Crippen molar-refractivity contribution in [2.45, 2.75) is 11.8 Å². The topological polar surface area (TPSA) is 113 Å². The van der Waals surface area contributed by atoms with E-state index < -0.39 is 28.3 Å². The molecule has 1 N–H and O–H groups in total. The summed E-state index contributed by atoms with van der Waals surface area (Å²) in [5, 5.41) is 11.5. The number of aryl methyl sites for hydroxylation is 1. The van der Waals surface area contributed by atoms with E-state index in [1.165, 1.54) is 24.3 Å². The number of nitriles is 1. The Kier molecular flexibility index (Phi) is 6.69. The molecule has 0 spiro atoms. The first kappa shape index (κ1) is 20.9. The van der Waals surface area contributed by atoms with Gasteiger partial charge in [0.25, 0.3) is 5.91 Å². The van der Waals surface area contributed by atoms with Crippen LogP contribution in [0.15, 0.2) is 59.0 Å². The second-order valence-corrected chi connectivity index (χ2v) is 7.96. The van der Waals surface area contributed by atoms with Crippen LogP contribution in [-0.2, 0) is 24.2 Å². The first-order chi connectivity index (χ1) is 13.2. The number of hydrogen-bond donors (Lipinski definition) is 1.